The number of hydrogen-bond acceptors (Lipinski definition) is 2. The van der Waals surface area contributed by atoms with E-state index >= 15 is 0 Å². The molecular weight excluding hydrogens is 341 g/mol. The molecule has 1 rings (SSSR count). The Kier molecular flexibility index (Phi) is 5.86. The van der Waals surface area contributed by atoms with Crippen LogP contribution in [0.25, 0.3) is 0 Å². The van der Waals surface area contributed by atoms with E-state index in [-0.39, 0.29) is 29.5 Å². The van der Waals surface area contributed by atoms with Crippen molar-refractivity contribution in [2.24, 2.45) is 0 Å². The van der Waals surface area contributed by atoms with E-state index in [0.29, 0.717) is 0 Å². The second-order valence-electron chi connectivity index (χ2n) is 4.27. The lowest BCUT2D eigenvalue weighted by Crippen LogP contribution is -2.15. The molecule has 3 nitrogen and oxygen atoms in total. The van der Waals surface area contributed by atoms with E-state index in [2.05, 4.69) is 15.9 Å². The number of benzene rings is 1. The van der Waals surface area contributed by atoms with Crippen molar-refractivity contribution in [3.8, 4) is 5.75 Å². The fourth-order valence-electron chi connectivity index (χ4n) is 1.74. The van der Waals surface area contributed by atoms with Crippen LogP contribution in [0, 0.1) is 5.82 Å². The monoisotopic (exact) mass is 354 g/mol. The molecule has 1 N–H and O–H groups in total. The summed E-state index contributed by atoms with van der Waals surface area (Å²) in [5.74, 6) is -5.14. The number of hydrogen-bond donors (Lipinski definition) is 1. The zero-order valence-corrected chi connectivity index (χ0v) is 12.3. The Morgan fingerprint density at radius 2 is 2.05 bits per heavy atom. The number of carboxylic acid groups (broad SMARTS) is 1. The molecule has 0 radical (unpaired) electrons. The van der Waals surface area contributed by atoms with Crippen molar-refractivity contribution in [2.75, 3.05) is 7.11 Å². The van der Waals surface area contributed by atoms with Gasteiger partial charge in [0.15, 0.2) is 0 Å². The molecule has 112 valence electrons. The van der Waals surface area contributed by atoms with Gasteiger partial charge in [0, 0.05) is 18.9 Å². The van der Waals surface area contributed by atoms with Crippen LogP contribution in [0.5, 0.6) is 5.75 Å². The van der Waals surface area contributed by atoms with Gasteiger partial charge in [0.1, 0.15) is 11.6 Å². The number of carboxylic acids is 1. The van der Waals surface area contributed by atoms with Crippen LogP contribution < -0.4 is 4.74 Å². The van der Waals surface area contributed by atoms with Gasteiger partial charge in [-0.1, -0.05) is 0 Å². The summed E-state index contributed by atoms with van der Waals surface area (Å²) in [5, 5.41) is 8.45. The summed E-state index contributed by atoms with van der Waals surface area (Å²) >= 11 is 2.86. The molecule has 0 spiro atoms. The Morgan fingerprint density at radius 3 is 2.60 bits per heavy atom. The van der Waals surface area contributed by atoms with Gasteiger partial charge in [-0.15, -0.1) is 0 Å². The average molecular weight is 355 g/mol. The lowest BCUT2D eigenvalue weighted by molar-refractivity contribution is -0.137. The third-order valence-electron chi connectivity index (χ3n) is 2.77. The van der Waals surface area contributed by atoms with E-state index in [1.54, 1.807) is 0 Å². The van der Waals surface area contributed by atoms with Crippen LogP contribution >= 0.6 is 15.9 Å². The number of rotatable bonds is 7. The van der Waals surface area contributed by atoms with Crippen molar-refractivity contribution in [2.45, 2.75) is 31.6 Å². The maximum absolute atomic E-state index is 14.1. The van der Waals surface area contributed by atoms with E-state index in [9.17, 15) is 18.0 Å². The van der Waals surface area contributed by atoms with E-state index in [1.165, 1.54) is 7.11 Å². The Bertz CT molecular complexity index is 492. The first-order chi connectivity index (χ1) is 9.27. The highest BCUT2D eigenvalue weighted by molar-refractivity contribution is 9.10. The summed E-state index contributed by atoms with van der Waals surface area (Å²) in [6.45, 7) is 0. The van der Waals surface area contributed by atoms with Crippen LogP contribution in [-0.4, -0.2) is 18.2 Å². The van der Waals surface area contributed by atoms with Crippen LogP contribution in [0.15, 0.2) is 16.6 Å². The molecule has 0 saturated heterocycles. The number of ether oxygens (including phenoxy) is 1. The number of unbranched alkanes of at least 4 members (excludes halogenated alkanes) is 1. The highest BCUT2D eigenvalue weighted by atomic mass is 79.9. The Hall–Kier alpha value is -1.24. The molecule has 7 heteroatoms. The summed E-state index contributed by atoms with van der Waals surface area (Å²) in [7, 11) is 1.19. The fourth-order valence-corrected chi connectivity index (χ4v) is 2.08. The van der Waals surface area contributed by atoms with Crippen LogP contribution in [0.2, 0.25) is 0 Å². The molecule has 0 aromatic heterocycles. The Labute approximate surface area is 122 Å². The average Bonchev–Trinajstić information content (AvgIpc) is 2.37. The number of alkyl halides is 2. The quantitative estimate of drug-likeness (QED) is 0.741. The van der Waals surface area contributed by atoms with Gasteiger partial charge in [-0.3, -0.25) is 4.79 Å². The molecule has 0 heterocycles. The lowest BCUT2D eigenvalue weighted by Gasteiger charge is -2.20. The minimum absolute atomic E-state index is 0.0530. The minimum Gasteiger partial charge on any atom is -0.496 e. The molecule has 1 aromatic carbocycles. The molecule has 0 aliphatic heterocycles. The van der Waals surface area contributed by atoms with Gasteiger partial charge >= 0.3 is 5.97 Å². The normalized spacial score (nSPS) is 11.4. The topological polar surface area (TPSA) is 46.5 Å². The maximum Gasteiger partial charge on any atom is 0.303 e. The van der Waals surface area contributed by atoms with E-state index in [4.69, 9.17) is 9.84 Å². The lowest BCUT2D eigenvalue weighted by atomic mass is 10.0. The summed E-state index contributed by atoms with van der Waals surface area (Å²) < 4.78 is 46.1. The van der Waals surface area contributed by atoms with Crippen LogP contribution in [-0.2, 0) is 10.7 Å². The first-order valence-corrected chi connectivity index (χ1v) is 6.70. The molecule has 0 amide bonds. The molecule has 0 aliphatic rings. The molecule has 0 aliphatic carbocycles. The number of carbonyl (C=O) groups is 1. The summed E-state index contributed by atoms with van der Waals surface area (Å²) in [6, 6.07) is 1.88. The second kappa shape index (κ2) is 6.97. The highest BCUT2D eigenvalue weighted by Crippen LogP contribution is 2.41. The van der Waals surface area contributed by atoms with Gasteiger partial charge in [0.25, 0.3) is 5.92 Å². The maximum atomic E-state index is 14.1. The highest BCUT2D eigenvalue weighted by Gasteiger charge is 2.35. The van der Waals surface area contributed by atoms with Crippen molar-refractivity contribution in [1.29, 1.82) is 0 Å². The predicted molar refractivity (Wildman–Crippen MR) is 70.6 cm³/mol. The first-order valence-electron chi connectivity index (χ1n) is 5.91. The molecular formula is C13H14BrF3O3. The summed E-state index contributed by atoms with van der Waals surface area (Å²) in [5.41, 5.74) is -0.413. The largest absolute Gasteiger partial charge is 0.496 e. The van der Waals surface area contributed by atoms with Crippen LogP contribution in [0.3, 0.4) is 0 Å². The van der Waals surface area contributed by atoms with Crippen molar-refractivity contribution in [3.05, 3.63) is 28.0 Å². The zero-order valence-electron chi connectivity index (χ0n) is 10.8. The van der Waals surface area contributed by atoms with Crippen molar-refractivity contribution in [1.82, 2.24) is 0 Å². The second-order valence-corrected chi connectivity index (χ2v) is 5.13. The molecule has 0 atom stereocenters. The molecule has 0 saturated carbocycles. The number of methoxy groups -OCH3 is 1. The van der Waals surface area contributed by atoms with Gasteiger partial charge in [-0.2, -0.15) is 0 Å². The van der Waals surface area contributed by atoms with Crippen LogP contribution in [0.4, 0.5) is 13.2 Å². The minimum atomic E-state index is -3.21. The van der Waals surface area contributed by atoms with Gasteiger partial charge in [-0.05, 0) is 34.8 Å². The smallest absolute Gasteiger partial charge is 0.303 e. The standard InChI is InChI=1S/C13H14BrF3O3/c1-20-11-7-10(15)9(14)6-8(11)13(16,17)5-3-2-4-12(18)19/h6-7H,2-5H2,1H3,(H,18,19). The fraction of sp³-hybridized carbons (Fsp3) is 0.462. The van der Waals surface area contributed by atoms with E-state index in [1.807, 2.05) is 0 Å². The first kappa shape index (κ1) is 16.8. The molecule has 0 fully saturated rings. The SMILES string of the molecule is COc1cc(F)c(Br)cc1C(F)(F)CCCCC(=O)O. The van der Waals surface area contributed by atoms with Gasteiger partial charge in [0.05, 0.1) is 17.1 Å². The summed E-state index contributed by atoms with van der Waals surface area (Å²) in [6.07, 6.45) is -0.456. The van der Waals surface area contributed by atoms with E-state index in [0.717, 1.165) is 12.1 Å². The number of aliphatic carboxylic acids is 1. The molecule has 0 bridgehead atoms. The van der Waals surface area contributed by atoms with Gasteiger partial charge < -0.3 is 9.84 Å². The molecule has 20 heavy (non-hydrogen) atoms. The van der Waals surface area contributed by atoms with Crippen LogP contribution in [0.1, 0.15) is 31.2 Å². The van der Waals surface area contributed by atoms with E-state index < -0.39 is 29.7 Å². The Morgan fingerprint density at radius 1 is 1.40 bits per heavy atom. The molecule has 0 unspecified atom stereocenters. The van der Waals surface area contributed by atoms with Crippen molar-refractivity contribution in [3.63, 3.8) is 0 Å². The van der Waals surface area contributed by atoms with Crippen molar-refractivity contribution < 1.29 is 27.8 Å². The third kappa shape index (κ3) is 4.40. The van der Waals surface area contributed by atoms with Gasteiger partial charge in [0.2, 0.25) is 0 Å². The zero-order chi connectivity index (χ0) is 15.3. The summed E-state index contributed by atoms with van der Waals surface area (Å²) in [4.78, 5) is 10.3. The predicted octanol–water partition coefficient (Wildman–Crippen LogP) is 4.33. The van der Waals surface area contributed by atoms with Gasteiger partial charge in [-0.25, -0.2) is 13.2 Å². The molecule has 1 aromatic rings. The third-order valence-corrected chi connectivity index (χ3v) is 3.38. The van der Waals surface area contributed by atoms with Crippen molar-refractivity contribution >= 4 is 21.9 Å². The number of halogens is 4. The Balaban J connectivity index is 2.85.